The lowest BCUT2D eigenvalue weighted by Crippen LogP contribution is -2.32. The van der Waals surface area contributed by atoms with Gasteiger partial charge in [-0.05, 0) is 88.7 Å². The van der Waals surface area contributed by atoms with Gasteiger partial charge in [-0.15, -0.1) is 0 Å². The normalized spacial score (nSPS) is 23.3. The van der Waals surface area contributed by atoms with E-state index in [4.69, 9.17) is 4.74 Å². The largest absolute Gasteiger partial charge is 0.458 e. The van der Waals surface area contributed by atoms with Crippen LogP contribution >= 0.6 is 0 Å². The van der Waals surface area contributed by atoms with E-state index in [-0.39, 0.29) is 35.6 Å². The summed E-state index contributed by atoms with van der Waals surface area (Å²) in [4.78, 5) is 12.5. The highest BCUT2D eigenvalue weighted by Gasteiger charge is 2.34. The van der Waals surface area contributed by atoms with Gasteiger partial charge < -0.3 is 14.9 Å². The Kier molecular flexibility index (Phi) is 20.6. The number of carbonyl (C=O) groups is 1. The van der Waals surface area contributed by atoms with Gasteiger partial charge >= 0.3 is 5.97 Å². The van der Waals surface area contributed by atoms with Gasteiger partial charge in [0, 0.05) is 12.0 Å². The molecule has 54 heavy (non-hydrogen) atoms. The number of esters is 1. The molecule has 2 aliphatic carbocycles. The second kappa shape index (κ2) is 23.9. The van der Waals surface area contributed by atoms with Crippen LogP contribution in [0.15, 0.2) is 142 Å². The van der Waals surface area contributed by atoms with Crippen LogP contribution in [0.5, 0.6) is 0 Å². The minimum atomic E-state index is -0.349. The molecular formula is C50H72O4. The van der Waals surface area contributed by atoms with E-state index in [1.165, 1.54) is 48.0 Å². The average Bonchev–Trinajstić information content (AvgIpc) is 3.06. The third kappa shape index (κ3) is 18.1. The lowest BCUT2D eigenvalue weighted by Gasteiger charge is -2.38. The molecule has 0 bridgehead atoms. The van der Waals surface area contributed by atoms with E-state index in [0.717, 1.165) is 42.4 Å². The van der Waals surface area contributed by atoms with Crippen molar-refractivity contribution in [1.29, 1.82) is 0 Å². The Morgan fingerprint density at radius 1 is 0.796 bits per heavy atom. The lowest BCUT2D eigenvalue weighted by atomic mass is 9.67. The number of rotatable bonds is 19. The summed E-state index contributed by atoms with van der Waals surface area (Å²) in [6.07, 6.45) is 43.2. The molecule has 0 saturated carbocycles. The first-order valence-corrected chi connectivity index (χ1v) is 20.2. The summed E-state index contributed by atoms with van der Waals surface area (Å²) in [5, 5.41) is 20.5. The summed E-state index contributed by atoms with van der Waals surface area (Å²) in [7, 11) is 0. The molecular weight excluding hydrogens is 665 g/mol. The van der Waals surface area contributed by atoms with Crippen molar-refractivity contribution in [2.75, 3.05) is 6.61 Å². The van der Waals surface area contributed by atoms with Crippen molar-refractivity contribution >= 4 is 5.97 Å². The molecule has 4 nitrogen and oxygen atoms in total. The van der Waals surface area contributed by atoms with E-state index >= 15 is 0 Å². The molecule has 0 aromatic heterocycles. The Hall–Kier alpha value is -3.73. The van der Waals surface area contributed by atoms with Crippen LogP contribution in [-0.4, -0.2) is 35.0 Å². The highest BCUT2D eigenvalue weighted by Crippen LogP contribution is 2.42. The highest BCUT2D eigenvalue weighted by molar-refractivity contribution is 5.82. The summed E-state index contributed by atoms with van der Waals surface area (Å²) >= 11 is 0. The summed E-state index contributed by atoms with van der Waals surface area (Å²) in [6.45, 7) is 21.7. The first-order chi connectivity index (χ1) is 25.5. The predicted molar refractivity (Wildman–Crippen MR) is 232 cm³/mol. The van der Waals surface area contributed by atoms with Crippen LogP contribution in [0.2, 0.25) is 0 Å². The molecule has 3 atom stereocenters. The van der Waals surface area contributed by atoms with Crippen LogP contribution < -0.4 is 0 Å². The van der Waals surface area contributed by atoms with Gasteiger partial charge in [-0.2, -0.15) is 0 Å². The zero-order valence-electron chi connectivity index (χ0n) is 35.3. The van der Waals surface area contributed by atoms with Gasteiger partial charge in [0.2, 0.25) is 0 Å². The number of hydrogen-bond donors (Lipinski definition) is 2. The van der Waals surface area contributed by atoms with E-state index in [2.05, 4.69) is 124 Å². The standard InChI is InChI=1S/C50H72O4/c1-11-12-13-14-15-16-17-28-48(53)54-37-43(30-32-47-42(6)34-45(52)36-50(47,9)10)27-21-26-39(3)23-19-18-22-38(2)24-20-25-40(4)29-31-46-41(5)33-44(51)35-49(46,7)8/h17-33,44-46,51-52H,11-16,34-37H2,1-10H3/b19-18+,24-20+,26-21+,28-17+,31-29+,32-30+,38-22+,39-23+,40-25+,43-27-/t44-,45+,46?/m0/s1. The van der Waals surface area contributed by atoms with Crippen molar-refractivity contribution < 1.29 is 19.7 Å². The number of allylic oxidation sites excluding steroid dienone is 19. The van der Waals surface area contributed by atoms with Crippen molar-refractivity contribution in [2.24, 2.45) is 16.7 Å². The second-order valence-corrected chi connectivity index (χ2v) is 16.8. The molecule has 0 aromatic rings. The van der Waals surface area contributed by atoms with Crippen LogP contribution in [-0.2, 0) is 9.53 Å². The highest BCUT2D eigenvalue weighted by atomic mass is 16.5. The van der Waals surface area contributed by atoms with Crippen molar-refractivity contribution in [2.45, 2.75) is 139 Å². The molecule has 0 aliphatic heterocycles. The topological polar surface area (TPSA) is 66.8 Å². The number of hydrogen-bond acceptors (Lipinski definition) is 4. The monoisotopic (exact) mass is 737 g/mol. The Balaban J connectivity index is 2.05. The minimum Gasteiger partial charge on any atom is -0.458 e. The van der Waals surface area contributed by atoms with Crippen molar-refractivity contribution in [3.63, 3.8) is 0 Å². The van der Waals surface area contributed by atoms with Gasteiger partial charge in [0.15, 0.2) is 0 Å². The van der Waals surface area contributed by atoms with Gasteiger partial charge in [-0.1, -0.05) is 185 Å². The van der Waals surface area contributed by atoms with E-state index in [1.54, 1.807) is 6.08 Å². The fraction of sp³-hybridized carbons (Fsp3) is 0.500. The quantitative estimate of drug-likeness (QED) is 0.0455. The summed E-state index contributed by atoms with van der Waals surface area (Å²) < 4.78 is 5.65. The fourth-order valence-electron chi connectivity index (χ4n) is 7.44. The third-order valence-electron chi connectivity index (χ3n) is 10.3. The van der Waals surface area contributed by atoms with Gasteiger partial charge in [-0.25, -0.2) is 4.79 Å². The molecule has 2 rings (SSSR count). The summed E-state index contributed by atoms with van der Waals surface area (Å²) in [5.74, 6) is 0.00476. The summed E-state index contributed by atoms with van der Waals surface area (Å²) in [5.41, 5.74) is 7.89. The SMILES string of the molecule is CCCCCCC/C=C/C(=O)OCC(=C\C=C\C(C)=C\C=C\C=C(C)\C=C\C=C(C)\C=C\C1C(C)=C[C@H](O)CC1(C)C)/C=C/C1=C(C)C[C@@H](O)CC1(C)C. The molecule has 2 N–H and O–H groups in total. The smallest absolute Gasteiger partial charge is 0.330 e. The molecule has 296 valence electrons. The molecule has 0 saturated heterocycles. The first-order valence-electron chi connectivity index (χ1n) is 20.2. The Bertz CT molecular complexity index is 1590. The minimum absolute atomic E-state index is 0.0345. The lowest BCUT2D eigenvalue weighted by molar-refractivity contribution is -0.136. The number of aliphatic hydroxyl groups is 2. The number of aliphatic hydroxyl groups excluding tert-OH is 2. The molecule has 0 amide bonds. The number of ether oxygens (including phenoxy) is 1. The van der Waals surface area contributed by atoms with Crippen LogP contribution in [0.1, 0.15) is 127 Å². The molecule has 4 heteroatoms. The van der Waals surface area contributed by atoms with E-state index in [1.807, 2.05) is 42.5 Å². The zero-order valence-corrected chi connectivity index (χ0v) is 35.3. The van der Waals surface area contributed by atoms with E-state index in [0.29, 0.717) is 12.3 Å². The van der Waals surface area contributed by atoms with Gasteiger partial charge in [0.05, 0.1) is 12.2 Å². The molecule has 0 heterocycles. The van der Waals surface area contributed by atoms with E-state index < -0.39 is 0 Å². The van der Waals surface area contributed by atoms with Crippen LogP contribution in [0.4, 0.5) is 0 Å². The van der Waals surface area contributed by atoms with Crippen LogP contribution in [0.3, 0.4) is 0 Å². The number of unbranched alkanes of at least 4 members (excludes halogenated alkanes) is 5. The Morgan fingerprint density at radius 3 is 2.04 bits per heavy atom. The molecule has 0 fully saturated rings. The second-order valence-electron chi connectivity index (χ2n) is 16.8. The predicted octanol–water partition coefficient (Wildman–Crippen LogP) is 12.8. The Morgan fingerprint density at radius 2 is 1.41 bits per heavy atom. The Labute approximate surface area is 329 Å². The maximum Gasteiger partial charge on any atom is 0.330 e. The van der Waals surface area contributed by atoms with Gasteiger partial charge in [-0.3, -0.25) is 0 Å². The molecule has 2 aliphatic rings. The third-order valence-corrected chi connectivity index (χ3v) is 10.3. The maximum absolute atomic E-state index is 12.5. The number of carbonyl (C=O) groups excluding carboxylic acids is 1. The molecule has 0 spiro atoms. The van der Waals surface area contributed by atoms with Crippen molar-refractivity contribution in [3.8, 4) is 0 Å². The summed E-state index contributed by atoms with van der Waals surface area (Å²) in [6, 6.07) is 0. The molecule has 0 radical (unpaired) electrons. The molecule has 0 aromatic carbocycles. The van der Waals surface area contributed by atoms with E-state index in [9.17, 15) is 15.0 Å². The first kappa shape index (κ1) is 46.4. The molecule has 1 unspecified atom stereocenters. The van der Waals surface area contributed by atoms with Crippen LogP contribution in [0, 0.1) is 16.7 Å². The average molecular weight is 737 g/mol. The van der Waals surface area contributed by atoms with Gasteiger partial charge in [0.25, 0.3) is 0 Å². The van der Waals surface area contributed by atoms with Crippen LogP contribution in [0.25, 0.3) is 0 Å². The van der Waals surface area contributed by atoms with Crippen molar-refractivity contribution in [3.05, 3.63) is 142 Å². The zero-order chi connectivity index (χ0) is 40.1. The maximum atomic E-state index is 12.5. The van der Waals surface area contributed by atoms with Gasteiger partial charge in [0.1, 0.15) is 6.61 Å². The van der Waals surface area contributed by atoms with Crippen molar-refractivity contribution in [1.82, 2.24) is 0 Å². The fourth-order valence-corrected chi connectivity index (χ4v) is 7.44.